The molecule has 1 N–H and O–H groups in total. The first-order valence-corrected chi connectivity index (χ1v) is 6.23. The number of aromatic carboxylic acids is 1. The van der Waals surface area contributed by atoms with E-state index in [4.69, 9.17) is 9.84 Å². The molecule has 1 aromatic heterocycles. The van der Waals surface area contributed by atoms with Crippen LogP contribution in [-0.2, 0) is 6.61 Å². The molecule has 0 unspecified atom stereocenters. The first-order chi connectivity index (χ1) is 9.49. The number of nitrogens with zero attached hydrogens (tertiary/aromatic N) is 1. The quantitative estimate of drug-likeness (QED) is 0.864. The van der Waals surface area contributed by atoms with Crippen molar-refractivity contribution in [3.8, 4) is 5.75 Å². The topological polar surface area (TPSA) is 59.4 Å². The van der Waals surface area contributed by atoms with Crippen molar-refractivity contribution in [2.24, 2.45) is 0 Å². The molecule has 20 heavy (non-hydrogen) atoms. The third-order valence-electron chi connectivity index (χ3n) is 2.48. The Balaban J connectivity index is 2.13. The number of carbonyl (C=O) groups is 1. The molecule has 0 fully saturated rings. The van der Waals surface area contributed by atoms with Crippen molar-refractivity contribution >= 4 is 21.9 Å². The lowest BCUT2D eigenvalue weighted by atomic mass is 10.2. The molecular weight excluding hydrogens is 336 g/mol. The van der Waals surface area contributed by atoms with Crippen molar-refractivity contribution in [2.75, 3.05) is 0 Å². The average Bonchev–Trinajstić information content (AvgIpc) is 2.43. The molecule has 1 aromatic carbocycles. The van der Waals surface area contributed by atoms with Crippen LogP contribution in [0.5, 0.6) is 5.75 Å². The summed E-state index contributed by atoms with van der Waals surface area (Å²) in [6, 6.07) is 4.99. The van der Waals surface area contributed by atoms with Gasteiger partial charge in [0.15, 0.2) is 0 Å². The second-order valence-corrected chi connectivity index (χ2v) is 4.65. The fraction of sp³-hybridized carbons (Fsp3) is 0.0769. The number of ether oxygens (including phenoxy) is 1. The van der Waals surface area contributed by atoms with Gasteiger partial charge in [0.25, 0.3) is 0 Å². The Morgan fingerprint density at radius 2 is 2.05 bits per heavy atom. The molecule has 0 saturated carbocycles. The van der Waals surface area contributed by atoms with Crippen LogP contribution < -0.4 is 4.74 Å². The second-order valence-electron chi connectivity index (χ2n) is 3.79. The van der Waals surface area contributed by atoms with Gasteiger partial charge in [-0.25, -0.2) is 18.6 Å². The lowest BCUT2D eigenvalue weighted by Crippen LogP contribution is -2.04. The van der Waals surface area contributed by atoms with Gasteiger partial charge in [0.2, 0.25) is 0 Å². The maximum absolute atomic E-state index is 13.7. The number of halogens is 3. The lowest BCUT2D eigenvalue weighted by Gasteiger charge is -2.09. The summed E-state index contributed by atoms with van der Waals surface area (Å²) in [6.07, 6.45) is 1.18. The number of benzene rings is 1. The molecular formula is C13H8BrF2NO3. The summed E-state index contributed by atoms with van der Waals surface area (Å²) < 4.78 is 32.5. The summed E-state index contributed by atoms with van der Waals surface area (Å²) in [5.74, 6) is -2.41. The van der Waals surface area contributed by atoms with Crippen molar-refractivity contribution in [2.45, 2.75) is 6.61 Å². The Labute approximate surface area is 121 Å². The third kappa shape index (κ3) is 3.11. The highest BCUT2D eigenvalue weighted by Gasteiger charge is 2.13. The monoisotopic (exact) mass is 343 g/mol. The molecule has 2 aromatic rings. The van der Waals surface area contributed by atoms with Crippen LogP contribution in [0.4, 0.5) is 8.78 Å². The van der Waals surface area contributed by atoms with E-state index >= 15 is 0 Å². The molecule has 0 saturated heterocycles. The number of carboxylic acid groups (broad SMARTS) is 1. The van der Waals surface area contributed by atoms with Gasteiger partial charge in [-0.3, -0.25) is 0 Å². The predicted molar refractivity (Wildman–Crippen MR) is 69.6 cm³/mol. The van der Waals surface area contributed by atoms with Gasteiger partial charge in [0, 0.05) is 0 Å². The van der Waals surface area contributed by atoms with E-state index in [0.717, 1.165) is 6.07 Å². The van der Waals surface area contributed by atoms with Crippen LogP contribution in [0.25, 0.3) is 0 Å². The van der Waals surface area contributed by atoms with Crippen LogP contribution >= 0.6 is 15.9 Å². The van der Waals surface area contributed by atoms with Crippen LogP contribution in [-0.4, -0.2) is 16.1 Å². The van der Waals surface area contributed by atoms with E-state index in [9.17, 15) is 13.6 Å². The number of rotatable bonds is 4. The largest absolute Gasteiger partial charge is 0.487 e. The predicted octanol–water partition coefficient (Wildman–Crippen LogP) is 3.40. The minimum absolute atomic E-state index is 0.136. The number of aromatic nitrogens is 1. The van der Waals surface area contributed by atoms with Crippen LogP contribution in [0.1, 0.15) is 16.1 Å². The first kappa shape index (κ1) is 14.4. The smallest absolute Gasteiger partial charge is 0.354 e. The van der Waals surface area contributed by atoms with E-state index in [2.05, 4.69) is 20.9 Å². The molecule has 0 amide bonds. The first-order valence-electron chi connectivity index (χ1n) is 5.43. The van der Waals surface area contributed by atoms with Gasteiger partial charge in [-0.05, 0) is 40.2 Å². The molecule has 1 heterocycles. The zero-order chi connectivity index (χ0) is 14.7. The zero-order valence-electron chi connectivity index (χ0n) is 9.94. The van der Waals surface area contributed by atoms with Gasteiger partial charge < -0.3 is 9.84 Å². The second kappa shape index (κ2) is 5.96. The summed E-state index contributed by atoms with van der Waals surface area (Å²) in [5, 5.41) is 8.68. The van der Waals surface area contributed by atoms with E-state index in [-0.39, 0.29) is 28.1 Å². The standard InChI is InChI=1S/C13H8BrF2NO3/c14-9-2-3-10(15)8(12(9)16)6-20-7-1-4-11(13(18)19)17-5-7/h1-5H,6H2,(H,18,19). The van der Waals surface area contributed by atoms with Crippen LogP contribution in [0, 0.1) is 11.6 Å². The molecule has 7 heteroatoms. The van der Waals surface area contributed by atoms with Gasteiger partial charge in [-0.1, -0.05) is 0 Å². The third-order valence-corrected chi connectivity index (χ3v) is 3.09. The molecule has 0 aliphatic rings. The van der Waals surface area contributed by atoms with Crippen molar-refractivity contribution in [1.82, 2.24) is 4.98 Å². The van der Waals surface area contributed by atoms with E-state index < -0.39 is 17.6 Å². The number of carboxylic acids is 1. The summed E-state index contributed by atoms with van der Waals surface area (Å²) >= 11 is 2.96. The highest BCUT2D eigenvalue weighted by Crippen LogP contribution is 2.23. The Hall–Kier alpha value is -2.02. The van der Waals surface area contributed by atoms with Gasteiger partial charge in [-0.2, -0.15) is 0 Å². The van der Waals surface area contributed by atoms with E-state index in [1.807, 2.05) is 0 Å². The van der Waals surface area contributed by atoms with Crippen molar-refractivity contribution in [3.05, 3.63) is 57.8 Å². The van der Waals surface area contributed by atoms with Crippen molar-refractivity contribution in [1.29, 1.82) is 0 Å². The maximum atomic E-state index is 13.7. The molecule has 104 valence electrons. The molecule has 0 aliphatic carbocycles. The highest BCUT2D eigenvalue weighted by atomic mass is 79.9. The summed E-state index contributed by atoms with van der Waals surface area (Å²) in [7, 11) is 0. The number of hydrogen-bond acceptors (Lipinski definition) is 3. The summed E-state index contributed by atoms with van der Waals surface area (Å²) in [6.45, 7) is -0.328. The van der Waals surface area contributed by atoms with E-state index in [1.165, 1.54) is 24.4 Å². The van der Waals surface area contributed by atoms with Crippen molar-refractivity contribution in [3.63, 3.8) is 0 Å². The number of pyridine rings is 1. The molecule has 4 nitrogen and oxygen atoms in total. The highest BCUT2D eigenvalue weighted by molar-refractivity contribution is 9.10. The Kier molecular flexibility index (Phi) is 4.29. The molecule has 0 spiro atoms. The van der Waals surface area contributed by atoms with Crippen LogP contribution in [0.2, 0.25) is 0 Å². The molecule has 0 aliphatic heterocycles. The Bertz CT molecular complexity index is 647. The molecule has 0 atom stereocenters. The lowest BCUT2D eigenvalue weighted by molar-refractivity contribution is 0.0690. The van der Waals surface area contributed by atoms with Crippen molar-refractivity contribution < 1.29 is 23.4 Å². The Morgan fingerprint density at radius 3 is 2.65 bits per heavy atom. The SMILES string of the molecule is O=C(O)c1ccc(OCc2c(F)ccc(Br)c2F)cn1. The number of hydrogen-bond donors (Lipinski definition) is 1. The van der Waals surface area contributed by atoms with E-state index in [0.29, 0.717) is 0 Å². The van der Waals surface area contributed by atoms with Gasteiger partial charge in [-0.15, -0.1) is 0 Å². The van der Waals surface area contributed by atoms with Gasteiger partial charge in [0.05, 0.1) is 16.2 Å². The minimum atomic E-state index is -1.17. The Morgan fingerprint density at radius 1 is 1.30 bits per heavy atom. The zero-order valence-corrected chi connectivity index (χ0v) is 11.5. The fourth-order valence-electron chi connectivity index (χ4n) is 1.45. The molecule has 0 radical (unpaired) electrons. The summed E-state index contributed by atoms with van der Waals surface area (Å²) in [5.41, 5.74) is -0.362. The fourth-order valence-corrected chi connectivity index (χ4v) is 1.82. The van der Waals surface area contributed by atoms with E-state index in [1.54, 1.807) is 0 Å². The minimum Gasteiger partial charge on any atom is -0.487 e. The summed E-state index contributed by atoms with van der Waals surface area (Å²) in [4.78, 5) is 14.2. The average molecular weight is 344 g/mol. The normalized spacial score (nSPS) is 10.3. The maximum Gasteiger partial charge on any atom is 0.354 e. The molecule has 2 rings (SSSR count). The van der Waals surface area contributed by atoms with Gasteiger partial charge >= 0.3 is 5.97 Å². The van der Waals surface area contributed by atoms with Crippen LogP contribution in [0.3, 0.4) is 0 Å². The molecule has 0 bridgehead atoms. The van der Waals surface area contributed by atoms with Crippen LogP contribution in [0.15, 0.2) is 34.9 Å². The van der Waals surface area contributed by atoms with Gasteiger partial charge in [0.1, 0.15) is 29.7 Å².